The average Bonchev–Trinajstić information content (AvgIpc) is 2.96. The average molecular weight is 379 g/mol. The lowest BCUT2D eigenvalue weighted by atomic mass is 9.82. The van der Waals surface area contributed by atoms with Crippen molar-refractivity contribution in [1.82, 2.24) is 4.90 Å². The van der Waals surface area contributed by atoms with Crippen molar-refractivity contribution < 1.29 is 32.9 Å². The SMILES string of the molecule is C[C@H]1C[C@@]2(CCN1C[C@H](O)C(=O)O)OCCc1cc(C(F)(F)F)sc12. The van der Waals surface area contributed by atoms with Gasteiger partial charge in [-0.15, -0.1) is 11.3 Å². The Labute approximate surface area is 147 Å². The molecule has 3 heterocycles. The fourth-order valence-electron chi connectivity index (χ4n) is 3.72. The van der Waals surface area contributed by atoms with Crippen LogP contribution in [0.3, 0.4) is 0 Å². The highest BCUT2D eigenvalue weighted by Gasteiger charge is 2.47. The lowest BCUT2D eigenvalue weighted by molar-refractivity contribution is -0.150. The molecule has 1 aromatic rings. The summed E-state index contributed by atoms with van der Waals surface area (Å²) in [5, 5.41) is 18.4. The number of aliphatic hydroxyl groups is 1. The first-order valence-electron chi connectivity index (χ1n) is 8.12. The maximum absolute atomic E-state index is 13.1. The summed E-state index contributed by atoms with van der Waals surface area (Å²) >= 11 is 0.758. The number of carboxylic acid groups (broad SMARTS) is 1. The van der Waals surface area contributed by atoms with Crippen molar-refractivity contribution in [3.05, 3.63) is 21.4 Å². The first kappa shape index (κ1) is 18.6. The van der Waals surface area contributed by atoms with E-state index >= 15 is 0 Å². The van der Waals surface area contributed by atoms with E-state index in [1.165, 1.54) is 6.07 Å². The number of piperidine rings is 1. The predicted molar refractivity (Wildman–Crippen MR) is 84.6 cm³/mol. The molecule has 1 fully saturated rings. The van der Waals surface area contributed by atoms with Crippen LogP contribution in [0.1, 0.15) is 35.1 Å². The lowest BCUT2D eigenvalue weighted by Crippen LogP contribution is -2.52. The molecule has 5 nitrogen and oxygen atoms in total. The molecule has 2 aliphatic rings. The summed E-state index contributed by atoms with van der Waals surface area (Å²) in [6, 6.07) is 1.13. The number of likely N-dealkylation sites (tertiary alicyclic amines) is 1. The molecule has 9 heteroatoms. The number of halogens is 3. The minimum Gasteiger partial charge on any atom is -0.479 e. The number of rotatable bonds is 3. The summed E-state index contributed by atoms with van der Waals surface area (Å²) in [6.07, 6.45) is -4.41. The molecule has 1 saturated heterocycles. The number of nitrogens with zero attached hydrogens (tertiary/aromatic N) is 1. The van der Waals surface area contributed by atoms with Gasteiger partial charge in [-0.3, -0.25) is 4.90 Å². The summed E-state index contributed by atoms with van der Waals surface area (Å²) < 4.78 is 45.2. The van der Waals surface area contributed by atoms with E-state index in [-0.39, 0.29) is 12.6 Å². The van der Waals surface area contributed by atoms with E-state index in [0.717, 1.165) is 11.3 Å². The van der Waals surface area contributed by atoms with E-state index in [9.17, 15) is 23.1 Å². The van der Waals surface area contributed by atoms with Crippen molar-refractivity contribution in [2.45, 2.75) is 50.1 Å². The number of carbonyl (C=O) groups is 1. The van der Waals surface area contributed by atoms with Gasteiger partial charge in [0.05, 0.1) is 6.61 Å². The Hall–Kier alpha value is -1.16. The molecule has 0 bridgehead atoms. The van der Waals surface area contributed by atoms with Crippen molar-refractivity contribution in [3.8, 4) is 0 Å². The third kappa shape index (κ3) is 3.55. The van der Waals surface area contributed by atoms with Crippen LogP contribution in [0, 0.1) is 0 Å². The molecule has 2 aliphatic heterocycles. The molecule has 2 N–H and O–H groups in total. The van der Waals surface area contributed by atoms with Crippen molar-refractivity contribution >= 4 is 17.3 Å². The number of hydrogen-bond acceptors (Lipinski definition) is 5. The summed E-state index contributed by atoms with van der Waals surface area (Å²) in [7, 11) is 0. The van der Waals surface area contributed by atoms with Gasteiger partial charge in [0.15, 0.2) is 6.10 Å². The molecular formula is C16H20F3NO4S. The molecule has 1 spiro atoms. The molecular weight excluding hydrogens is 359 g/mol. The molecule has 0 aromatic carbocycles. The smallest absolute Gasteiger partial charge is 0.425 e. The Morgan fingerprint density at radius 3 is 2.88 bits per heavy atom. The van der Waals surface area contributed by atoms with Gasteiger partial charge in [-0.05, 0) is 37.8 Å². The van der Waals surface area contributed by atoms with Crippen LogP contribution < -0.4 is 0 Å². The molecule has 0 unspecified atom stereocenters. The topological polar surface area (TPSA) is 70.0 Å². The number of hydrogen-bond donors (Lipinski definition) is 2. The van der Waals surface area contributed by atoms with Crippen molar-refractivity contribution in [3.63, 3.8) is 0 Å². The van der Waals surface area contributed by atoms with Gasteiger partial charge in [-0.2, -0.15) is 13.2 Å². The van der Waals surface area contributed by atoms with Crippen LogP contribution in [0.5, 0.6) is 0 Å². The molecule has 0 saturated carbocycles. The number of carboxylic acids is 1. The third-order valence-electron chi connectivity index (χ3n) is 5.00. The second-order valence-corrected chi connectivity index (χ2v) is 7.76. The standard InChI is InChI=1S/C16H20F3NO4S/c1-9-7-15(3-4-20(9)8-11(21)14(22)23)13-10(2-5-24-15)6-12(25-13)16(17,18)19/h6,9,11,21H,2-5,7-8H2,1H3,(H,22,23)/t9-,11-,15+/m0/s1. The van der Waals surface area contributed by atoms with Crippen LogP contribution in [0.25, 0.3) is 0 Å². The van der Waals surface area contributed by atoms with Gasteiger partial charge in [0.2, 0.25) is 0 Å². The molecule has 0 radical (unpaired) electrons. The number of aliphatic hydroxyl groups excluding tert-OH is 1. The summed E-state index contributed by atoms with van der Waals surface area (Å²) in [5.41, 5.74) is -0.0407. The molecule has 0 aliphatic carbocycles. The summed E-state index contributed by atoms with van der Waals surface area (Å²) in [5.74, 6) is -1.28. The maximum Gasteiger partial charge on any atom is 0.425 e. The van der Waals surface area contributed by atoms with E-state index in [4.69, 9.17) is 9.84 Å². The van der Waals surface area contributed by atoms with Crippen molar-refractivity contribution in [2.75, 3.05) is 19.7 Å². The summed E-state index contributed by atoms with van der Waals surface area (Å²) in [6.45, 7) is 2.72. The Balaban J connectivity index is 1.81. The molecule has 0 amide bonds. The van der Waals surface area contributed by atoms with Gasteiger partial charge in [0.25, 0.3) is 0 Å². The number of fused-ring (bicyclic) bond motifs is 2. The monoisotopic (exact) mass is 379 g/mol. The summed E-state index contributed by atoms with van der Waals surface area (Å²) in [4.78, 5) is 12.7. The number of aliphatic carboxylic acids is 1. The van der Waals surface area contributed by atoms with E-state index < -0.39 is 28.7 Å². The number of β-amino-alcohol motifs (C(OH)–C–C–N with tert-alkyl or cyclic N) is 1. The Morgan fingerprint density at radius 1 is 1.56 bits per heavy atom. The zero-order valence-corrected chi connectivity index (χ0v) is 14.5. The largest absolute Gasteiger partial charge is 0.479 e. The molecule has 1 aromatic heterocycles. The minimum atomic E-state index is -4.36. The van der Waals surface area contributed by atoms with Gasteiger partial charge in [0.1, 0.15) is 10.5 Å². The fraction of sp³-hybridized carbons (Fsp3) is 0.688. The van der Waals surface area contributed by atoms with Crippen LogP contribution in [-0.4, -0.2) is 52.9 Å². The minimum absolute atomic E-state index is 0.00230. The van der Waals surface area contributed by atoms with Gasteiger partial charge in [-0.1, -0.05) is 0 Å². The Bertz CT molecular complexity index is 662. The number of alkyl halides is 3. The number of ether oxygens (including phenoxy) is 1. The van der Waals surface area contributed by atoms with Crippen LogP contribution in [0.2, 0.25) is 0 Å². The zero-order chi connectivity index (χ0) is 18.4. The Kier molecular flexibility index (Phi) is 4.87. The van der Waals surface area contributed by atoms with E-state index in [1.54, 1.807) is 0 Å². The van der Waals surface area contributed by atoms with E-state index in [2.05, 4.69) is 0 Å². The van der Waals surface area contributed by atoms with Crippen LogP contribution in [-0.2, 0) is 27.7 Å². The van der Waals surface area contributed by atoms with Gasteiger partial charge in [-0.25, -0.2) is 4.79 Å². The zero-order valence-electron chi connectivity index (χ0n) is 13.7. The second-order valence-electron chi connectivity index (χ2n) is 6.71. The number of thiophene rings is 1. The molecule has 3 rings (SSSR count). The lowest BCUT2D eigenvalue weighted by Gasteiger charge is -2.47. The second kappa shape index (κ2) is 6.53. The van der Waals surface area contributed by atoms with Gasteiger partial charge in [0, 0.05) is 24.0 Å². The maximum atomic E-state index is 13.1. The van der Waals surface area contributed by atoms with Crippen LogP contribution >= 0.6 is 11.3 Å². The van der Waals surface area contributed by atoms with Gasteiger partial charge >= 0.3 is 12.1 Å². The third-order valence-corrected chi connectivity index (χ3v) is 6.40. The van der Waals surface area contributed by atoms with E-state index in [0.29, 0.717) is 42.9 Å². The normalized spacial score (nSPS) is 28.8. The first-order chi connectivity index (χ1) is 11.6. The highest BCUT2D eigenvalue weighted by atomic mass is 32.1. The fourth-order valence-corrected chi connectivity index (χ4v) is 4.98. The predicted octanol–water partition coefficient (Wildman–Crippen LogP) is 2.46. The van der Waals surface area contributed by atoms with Crippen molar-refractivity contribution in [2.24, 2.45) is 0 Å². The van der Waals surface area contributed by atoms with Crippen LogP contribution in [0.4, 0.5) is 13.2 Å². The highest BCUT2D eigenvalue weighted by molar-refractivity contribution is 7.12. The molecule has 25 heavy (non-hydrogen) atoms. The Morgan fingerprint density at radius 2 is 2.28 bits per heavy atom. The van der Waals surface area contributed by atoms with Crippen LogP contribution in [0.15, 0.2) is 6.07 Å². The first-order valence-corrected chi connectivity index (χ1v) is 8.93. The molecule has 140 valence electrons. The van der Waals surface area contributed by atoms with E-state index in [1.807, 2.05) is 11.8 Å². The van der Waals surface area contributed by atoms with Crippen molar-refractivity contribution in [1.29, 1.82) is 0 Å². The van der Waals surface area contributed by atoms with Gasteiger partial charge < -0.3 is 14.9 Å². The molecule has 3 atom stereocenters. The highest BCUT2D eigenvalue weighted by Crippen LogP contribution is 2.49. The quantitative estimate of drug-likeness (QED) is 0.844.